The second kappa shape index (κ2) is 5.26. The van der Waals surface area contributed by atoms with Crippen molar-refractivity contribution in [1.82, 2.24) is 5.32 Å². The first-order chi connectivity index (χ1) is 7.96. The van der Waals surface area contributed by atoms with Crippen molar-refractivity contribution in [2.24, 2.45) is 5.41 Å². The Morgan fingerprint density at radius 1 is 1.47 bits per heavy atom. The van der Waals surface area contributed by atoms with Gasteiger partial charge in [0.1, 0.15) is 0 Å². The highest BCUT2D eigenvalue weighted by atomic mass is 127. The molecule has 0 unspecified atom stereocenters. The third-order valence-corrected chi connectivity index (χ3v) is 5.29. The zero-order valence-corrected chi connectivity index (χ0v) is 13.2. The molecule has 0 saturated heterocycles. The second-order valence-corrected chi connectivity index (χ2v) is 8.36. The van der Waals surface area contributed by atoms with Crippen LogP contribution in [-0.4, -0.2) is 11.9 Å². The Morgan fingerprint density at radius 2 is 2.12 bits per heavy atom. The summed E-state index contributed by atoms with van der Waals surface area (Å²) in [6.07, 6.45) is 4.64. The van der Waals surface area contributed by atoms with Crippen LogP contribution in [0.15, 0.2) is 11.4 Å². The zero-order valence-electron chi connectivity index (χ0n) is 10.3. The summed E-state index contributed by atoms with van der Waals surface area (Å²) in [6.45, 7) is 4.62. The van der Waals surface area contributed by atoms with E-state index in [1.165, 1.54) is 12.8 Å². The maximum atomic E-state index is 12.0. The molecule has 1 saturated carbocycles. The molecule has 17 heavy (non-hydrogen) atoms. The van der Waals surface area contributed by atoms with Gasteiger partial charge in [0, 0.05) is 11.4 Å². The van der Waals surface area contributed by atoms with Gasteiger partial charge in [-0.25, -0.2) is 0 Å². The number of nitrogens with one attached hydrogen (secondary N) is 1. The summed E-state index contributed by atoms with van der Waals surface area (Å²) in [4.78, 5) is 12.0. The van der Waals surface area contributed by atoms with Gasteiger partial charge in [-0.1, -0.05) is 13.8 Å². The highest BCUT2D eigenvalue weighted by Crippen LogP contribution is 2.35. The fraction of sp³-hybridized carbons (Fsp3) is 0.615. The van der Waals surface area contributed by atoms with E-state index < -0.39 is 0 Å². The van der Waals surface area contributed by atoms with Crippen molar-refractivity contribution in [2.45, 2.75) is 45.6 Å². The molecule has 1 aromatic rings. The molecule has 2 nitrogen and oxygen atoms in total. The van der Waals surface area contributed by atoms with Gasteiger partial charge in [0.25, 0.3) is 5.91 Å². The molecule has 0 aliphatic heterocycles. The van der Waals surface area contributed by atoms with Crippen LogP contribution in [0, 0.1) is 8.30 Å². The molecule has 1 heterocycles. The van der Waals surface area contributed by atoms with Gasteiger partial charge in [-0.3, -0.25) is 4.79 Å². The Labute approximate surface area is 120 Å². The Morgan fingerprint density at radius 3 is 2.65 bits per heavy atom. The fourth-order valence-electron chi connectivity index (χ4n) is 2.24. The lowest BCUT2D eigenvalue weighted by Gasteiger charge is -2.34. The molecule has 2 rings (SSSR count). The molecule has 4 heteroatoms. The standard InChI is InChI=1S/C13H18INOS/c1-13(2)5-3-10(4-6-13)15-12(16)9-7-11(14)17-8-9/h7-8,10H,3-6H2,1-2H3,(H,15,16). The van der Waals surface area contributed by atoms with E-state index in [1.54, 1.807) is 11.3 Å². The molecule has 1 aliphatic carbocycles. The number of hydrogen-bond acceptors (Lipinski definition) is 2. The summed E-state index contributed by atoms with van der Waals surface area (Å²) in [7, 11) is 0. The molecule has 0 atom stereocenters. The fourth-order valence-corrected chi connectivity index (χ4v) is 3.57. The quantitative estimate of drug-likeness (QED) is 0.790. The molecular weight excluding hydrogens is 345 g/mol. The molecule has 94 valence electrons. The van der Waals surface area contributed by atoms with Gasteiger partial charge in [-0.15, -0.1) is 11.3 Å². The van der Waals surface area contributed by atoms with Crippen LogP contribution in [0.5, 0.6) is 0 Å². The van der Waals surface area contributed by atoms with Crippen molar-refractivity contribution < 1.29 is 4.79 Å². The molecule has 0 bridgehead atoms. The third kappa shape index (κ3) is 3.68. The van der Waals surface area contributed by atoms with Crippen LogP contribution >= 0.6 is 33.9 Å². The van der Waals surface area contributed by atoms with Crippen molar-refractivity contribution >= 4 is 39.8 Å². The number of thiophene rings is 1. The molecule has 1 amide bonds. The van der Waals surface area contributed by atoms with Gasteiger partial charge in [-0.2, -0.15) is 0 Å². The monoisotopic (exact) mass is 363 g/mol. The molecule has 1 N–H and O–H groups in total. The van der Waals surface area contributed by atoms with Crippen LogP contribution in [-0.2, 0) is 0 Å². The average molecular weight is 363 g/mol. The number of rotatable bonds is 2. The minimum atomic E-state index is 0.0915. The Balaban J connectivity index is 1.88. The average Bonchev–Trinajstić information content (AvgIpc) is 2.68. The molecule has 0 spiro atoms. The normalized spacial score (nSPS) is 20.2. The van der Waals surface area contributed by atoms with Crippen LogP contribution in [0.1, 0.15) is 49.9 Å². The van der Waals surface area contributed by atoms with Crippen molar-refractivity contribution in [3.63, 3.8) is 0 Å². The van der Waals surface area contributed by atoms with E-state index in [4.69, 9.17) is 0 Å². The number of amides is 1. The molecule has 0 aromatic carbocycles. The largest absolute Gasteiger partial charge is 0.349 e. The van der Waals surface area contributed by atoms with E-state index >= 15 is 0 Å². The Hall–Kier alpha value is -0.100. The molecular formula is C13H18INOS. The minimum absolute atomic E-state index is 0.0915. The number of hydrogen-bond donors (Lipinski definition) is 1. The van der Waals surface area contributed by atoms with Crippen molar-refractivity contribution in [3.05, 3.63) is 19.9 Å². The van der Waals surface area contributed by atoms with Crippen molar-refractivity contribution in [3.8, 4) is 0 Å². The Bertz CT molecular complexity index is 403. The summed E-state index contributed by atoms with van der Waals surface area (Å²) >= 11 is 3.87. The first-order valence-electron chi connectivity index (χ1n) is 6.01. The molecule has 1 fully saturated rings. The topological polar surface area (TPSA) is 29.1 Å². The van der Waals surface area contributed by atoms with Crippen molar-refractivity contribution in [1.29, 1.82) is 0 Å². The van der Waals surface area contributed by atoms with E-state index in [0.29, 0.717) is 11.5 Å². The number of halogens is 1. The summed E-state index contributed by atoms with van der Waals surface area (Å²) in [5.74, 6) is 0.0915. The molecule has 1 aliphatic rings. The lowest BCUT2D eigenvalue weighted by atomic mass is 9.75. The summed E-state index contributed by atoms with van der Waals surface area (Å²) in [5.41, 5.74) is 1.27. The maximum absolute atomic E-state index is 12.0. The minimum Gasteiger partial charge on any atom is -0.349 e. The first-order valence-corrected chi connectivity index (χ1v) is 7.97. The molecule has 1 aromatic heterocycles. The van der Waals surface area contributed by atoms with Crippen LogP contribution in [0.4, 0.5) is 0 Å². The van der Waals surface area contributed by atoms with Gasteiger partial charge in [0.05, 0.1) is 8.45 Å². The predicted molar refractivity (Wildman–Crippen MR) is 80.5 cm³/mol. The smallest absolute Gasteiger partial charge is 0.252 e. The van der Waals surface area contributed by atoms with Crippen LogP contribution < -0.4 is 5.32 Å². The van der Waals surface area contributed by atoms with Crippen molar-refractivity contribution in [2.75, 3.05) is 0 Å². The van der Waals surface area contributed by atoms with Gasteiger partial charge >= 0.3 is 0 Å². The number of carbonyl (C=O) groups is 1. The van der Waals surface area contributed by atoms with Gasteiger partial charge in [0.2, 0.25) is 0 Å². The van der Waals surface area contributed by atoms with E-state index in [0.717, 1.165) is 21.3 Å². The summed E-state index contributed by atoms with van der Waals surface area (Å²) in [5, 5.41) is 5.09. The molecule has 0 radical (unpaired) electrons. The van der Waals surface area contributed by atoms with Crippen LogP contribution in [0.3, 0.4) is 0 Å². The second-order valence-electron chi connectivity index (χ2n) is 5.55. The Kier molecular flexibility index (Phi) is 4.13. The SMILES string of the molecule is CC1(C)CCC(NC(=O)c2csc(I)c2)CC1. The highest BCUT2D eigenvalue weighted by Gasteiger charge is 2.27. The van der Waals surface area contributed by atoms with Crippen LogP contribution in [0.2, 0.25) is 0 Å². The van der Waals surface area contributed by atoms with E-state index in [2.05, 4.69) is 41.8 Å². The lowest BCUT2D eigenvalue weighted by molar-refractivity contribution is 0.0909. The first kappa shape index (κ1) is 13.3. The van der Waals surface area contributed by atoms with Gasteiger partial charge in [-0.05, 0) is 59.8 Å². The van der Waals surface area contributed by atoms with E-state index in [1.807, 2.05) is 11.4 Å². The lowest BCUT2D eigenvalue weighted by Crippen LogP contribution is -2.39. The maximum Gasteiger partial charge on any atom is 0.252 e. The summed E-state index contributed by atoms with van der Waals surface area (Å²) in [6, 6.07) is 2.32. The van der Waals surface area contributed by atoms with Gasteiger partial charge < -0.3 is 5.32 Å². The van der Waals surface area contributed by atoms with E-state index in [9.17, 15) is 4.79 Å². The summed E-state index contributed by atoms with van der Waals surface area (Å²) < 4.78 is 1.16. The predicted octanol–water partition coefficient (Wildman–Crippen LogP) is 4.05. The van der Waals surface area contributed by atoms with Crippen LogP contribution in [0.25, 0.3) is 0 Å². The number of carbonyl (C=O) groups excluding carboxylic acids is 1. The van der Waals surface area contributed by atoms with E-state index in [-0.39, 0.29) is 5.91 Å². The highest BCUT2D eigenvalue weighted by molar-refractivity contribution is 14.1. The van der Waals surface area contributed by atoms with Gasteiger partial charge in [0.15, 0.2) is 0 Å². The zero-order chi connectivity index (χ0) is 12.5. The third-order valence-electron chi connectivity index (χ3n) is 3.50.